The minimum Gasteiger partial charge on any atom is -0.497 e. The van der Waals surface area contributed by atoms with Gasteiger partial charge in [-0.1, -0.05) is 25.9 Å². The highest BCUT2D eigenvalue weighted by molar-refractivity contribution is 5.60. The number of aromatic nitrogens is 2. The van der Waals surface area contributed by atoms with Gasteiger partial charge in [-0.2, -0.15) is 4.98 Å². The average Bonchev–Trinajstić information content (AvgIpc) is 2.94. The van der Waals surface area contributed by atoms with Crippen LogP contribution in [0, 0.1) is 5.41 Å². The molecule has 114 valence electrons. The Kier molecular flexibility index (Phi) is 4.18. The van der Waals surface area contributed by atoms with E-state index in [1.165, 1.54) is 0 Å². The van der Waals surface area contributed by atoms with Gasteiger partial charge in [-0.25, -0.2) is 0 Å². The molecule has 0 radical (unpaired) electrons. The van der Waals surface area contributed by atoms with Crippen molar-refractivity contribution in [3.63, 3.8) is 0 Å². The molecule has 21 heavy (non-hydrogen) atoms. The summed E-state index contributed by atoms with van der Waals surface area (Å²) < 4.78 is 15.8. The largest absolute Gasteiger partial charge is 0.497 e. The number of nitrogens with two attached hydrogens (primary N) is 1. The molecule has 6 nitrogen and oxygen atoms in total. The van der Waals surface area contributed by atoms with Crippen molar-refractivity contribution in [1.82, 2.24) is 10.1 Å². The number of benzene rings is 1. The molecule has 2 N–H and O–H groups in total. The number of hydrogen-bond donors (Lipinski definition) is 1. The van der Waals surface area contributed by atoms with Crippen molar-refractivity contribution in [2.45, 2.75) is 26.8 Å². The SMILES string of the molecule is COc1cc(OC)cc(-c2noc([C@H](N)C(C)(C)C)n2)c1. The molecule has 1 aromatic carbocycles. The highest BCUT2D eigenvalue weighted by atomic mass is 16.5. The Bertz CT molecular complexity index is 595. The van der Waals surface area contributed by atoms with Gasteiger partial charge < -0.3 is 19.7 Å². The van der Waals surface area contributed by atoms with Crippen molar-refractivity contribution in [1.29, 1.82) is 0 Å². The molecule has 0 bridgehead atoms. The van der Waals surface area contributed by atoms with Gasteiger partial charge in [-0.05, 0) is 17.5 Å². The van der Waals surface area contributed by atoms with Crippen molar-refractivity contribution in [3.8, 4) is 22.9 Å². The number of hydrogen-bond acceptors (Lipinski definition) is 6. The first-order chi connectivity index (χ1) is 9.85. The molecule has 1 atom stereocenters. The van der Waals surface area contributed by atoms with Crippen LogP contribution in [0.15, 0.2) is 22.7 Å². The molecule has 1 aromatic heterocycles. The average molecular weight is 291 g/mol. The third-order valence-electron chi connectivity index (χ3n) is 3.25. The molecule has 2 rings (SSSR count). The summed E-state index contributed by atoms with van der Waals surface area (Å²) in [4.78, 5) is 4.38. The predicted octanol–water partition coefficient (Wildman–Crippen LogP) is 2.80. The van der Waals surface area contributed by atoms with Gasteiger partial charge in [0.1, 0.15) is 11.5 Å². The van der Waals surface area contributed by atoms with E-state index >= 15 is 0 Å². The van der Waals surface area contributed by atoms with E-state index < -0.39 is 0 Å². The van der Waals surface area contributed by atoms with Gasteiger partial charge in [-0.3, -0.25) is 0 Å². The van der Waals surface area contributed by atoms with E-state index in [1.807, 2.05) is 32.9 Å². The molecule has 0 fully saturated rings. The van der Waals surface area contributed by atoms with Gasteiger partial charge in [0.05, 0.1) is 20.3 Å². The summed E-state index contributed by atoms with van der Waals surface area (Å²) in [6, 6.07) is 5.09. The maximum absolute atomic E-state index is 6.13. The predicted molar refractivity (Wildman–Crippen MR) is 79.2 cm³/mol. The van der Waals surface area contributed by atoms with Gasteiger partial charge >= 0.3 is 0 Å². The second kappa shape index (κ2) is 5.73. The molecule has 1 heterocycles. The molecule has 0 aliphatic rings. The summed E-state index contributed by atoms with van der Waals surface area (Å²) in [7, 11) is 3.19. The maximum atomic E-state index is 6.13. The first kappa shape index (κ1) is 15.3. The standard InChI is InChI=1S/C15H21N3O3/c1-15(2,3)12(16)14-17-13(18-21-14)9-6-10(19-4)8-11(7-9)20-5/h6-8,12H,16H2,1-5H3/t12-/m0/s1. The quantitative estimate of drug-likeness (QED) is 0.932. The first-order valence-corrected chi connectivity index (χ1v) is 6.67. The van der Waals surface area contributed by atoms with Crippen LogP contribution in [0.1, 0.15) is 32.7 Å². The van der Waals surface area contributed by atoms with Gasteiger partial charge in [-0.15, -0.1) is 0 Å². The third-order valence-corrected chi connectivity index (χ3v) is 3.25. The zero-order valence-corrected chi connectivity index (χ0v) is 13.0. The smallest absolute Gasteiger partial charge is 0.244 e. The lowest BCUT2D eigenvalue weighted by Crippen LogP contribution is -2.26. The number of methoxy groups -OCH3 is 2. The maximum Gasteiger partial charge on any atom is 0.244 e. The van der Waals surface area contributed by atoms with Crippen molar-refractivity contribution < 1.29 is 14.0 Å². The van der Waals surface area contributed by atoms with E-state index in [9.17, 15) is 0 Å². The van der Waals surface area contributed by atoms with Gasteiger partial charge in [0.2, 0.25) is 11.7 Å². The number of nitrogens with zero attached hydrogens (tertiary/aromatic N) is 2. The monoisotopic (exact) mass is 291 g/mol. The fourth-order valence-electron chi connectivity index (χ4n) is 1.79. The Morgan fingerprint density at radius 1 is 1.10 bits per heavy atom. The molecule has 0 saturated heterocycles. The molecular formula is C15H21N3O3. The van der Waals surface area contributed by atoms with Crippen LogP contribution in [0.4, 0.5) is 0 Å². The second-order valence-electron chi connectivity index (χ2n) is 5.90. The minimum atomic E-state index is -0.328. The zero-order chi connectivity index (χ0) is 15.6. The van der Waals surface area contributed by atoms with Crippen LogP contribution in [-0.4, -0.2) is 24.4 Å². The van der Waals surface area contributed by atoms with E-state index in [4.69, 9.17) is 19.7 Å². The Labute approximate surface area is 124 Å². The van der Waals surface area contributed by atoms with Gasteiger partial charge in [0, 0.05) is 11.6 Å². The summed E-state index contributed by atoms with van der Waals surface area (Å²) in [5.74, 6) is 2.20. The minimum absolute atomic E-state index is 0.157. The molecule has 0 saturated carbocycles. The Morgan fingerprint density at radius 3 is 2.14 bits per heavy atom. The van der Waals surface area contributed by atoms with Crippen molar-refractivity contribution >= 4 is 0 Å². The highest BCUT2D eigenvalue weighted by Crippen LogP contribution is 2.32. The van der Waals surface area contributed by atoms with E-state index in [0.717, 1.165) is 5.56 Å². The van der Waals surface area contributed by atoms with E-state index in [-0.39, 0.29) is 11.5 Å². The Morgan fingerprint density at radius 2 is 1.67 bits per heavy atom. The third kappa shape index (κ3) is 3.33. The normalized spacial score (nSPS) is 13.0. The molecule has 0 aliphatic carbocycles. The Balaban J connectivity index is 2.37. The molecule has 0 spiro atoms. The van der Waals surface area contributed by atoms with Crippen molar-refractivity contribution in [3.05, 3.63) is 24.1 Å². The van der Waals surface area contributed by atoms with Crippen LogP contribution in [0.3, 0.4) is 0 Å². The first-order valence-electron chi connectivity index (χ1n) is 6.67. The lowest BCUT2D eigenvalue weighted by Gasteiger charge is -2.23. The topological polar surface area (TPSA) is 83.4 Å². The number of rotatable bonds is 4. The molecule has 0 aliphatic heterocycles. The van der Waals surface area contributed by atoms with Crippen molar-refractivity contribution in [2.75, 3.05) is 14.2 Å². The molecule has 2 aromatic rings. The molecule has 6 heteroatoms. The summed E-state index contributed by atoms with van der Waals surface area (Å²) in [6.45, 7) is 6.07. The lowest BCUT2D eigenvalue weighted by molar-refractivity contribution is 0.253. The van der Waals surface area contributed by atoms with Gasteiger partial charge in [0.25, 0.3) is 0 Å². The van der Waals surface area contributed by atoms with Crippen molar-refractivity contribution in [2.24, 2.45) is 11.1 Å². The number of ether oxygens (including phenoxy) is 2. The highest BCUT2D eigenvalue weighted by Gasteiger charge is 2.27. The fourth-order valence-corrected chi connectivity index (χ4v) is 1.79. The van der Waals surface area contributed by atoms with E-state index in [0.29, 0.717) is 23.2 Å². The summed E-state index contributed by atoms with van der Waals surface area (Å²) >= 11 is 0. The fraction of sp³-hybridized carbons (Fsp3) is 0.467. The van der Waals surface area contributed by atoms with E-state index in [1.54, 1.807) is 20.3 Å². The van der Waals surface area contributed by atoms with E-state index in [2.05, 4.69) is 10.1 Å². The van der Waals surface area contributed by atoms with Crippen LogP contribution in [0.2, 0.25) is 0 Å². The van der Waals surface area contributed by atoms with Crippen LogP contribution in [-0.2, 0) is 0 Å². The van der Waals surface area contributed by atoms with Crippen LogP contribution in [0.5, 0.6) is 11.5 Å². The summed E-state index contributed by atoms with van der Waals surface area (Å²) in [6.07, 6.45) is 0. The second-order valence-corrected chi connectivity index (χ2v) is 5.90. The van der Waals surface area contributed by atoms with Crippen LogP contribution in [0.25, 0.3) is 11.4 Å². The van der Waals surface area contributed by atoms with Gasteiger partial charge in [0.15, 0.2) is 0 Å². The zero-order valence-electron chi connectivity index (χ0n) is 13.0. The molecular weight excluding hydrogens is 270 g/mol. The summed E-state index contributed by atoms with van der Waals surface area (Å²) in [5, 5.41) is 3.99. The lowest BCUT2D eigenvalue weighted by atomic mass is 9.87. The summed E-state index contributed by atoms with van der Waals surface area (Å²) in [5.41, 5.74) is 6.73. The van der Waals surface area contributed by atoms with Crippen LogP contribution >= 0.6 is 0 Å². The Hall–Kier alpha value is -2.08. The molecule has 0 unspecified atom stereocenters. The molecule has 0 amide bonds. The van der Waals surface area contributed by atoms with Crippen LogP contribution < -0.4 is 15.2 Å².